The zero-order valence-electron chi connectivity index (χ0n) is 12.9. The molecule has 0 aromatic carbocycles. The molecule has 20 heavy (non-hydrogen) atoms. The first kappa shape index (κ1) is 17.1. The van der Waals surface area contributed by atoms with Gasteiger partial charge < -0.3 is 14.9 Å². The van der Waals surface area contributed by atoms with E-state index in [-0.39, 0.29) is 12.1 Å². The van der Waals surface area contributed by atoms with E-state index >= 15 is 0 Å². The van der Waals surface area contributed by atoms with Crippen molar-refractivity contribution < 1.29 is 14.7 Å². The van der Waals surface area contributed by atoms with Crippen molar-refractivity contribution in [1.82, 2.24) is 9.80 Å². The molecule has 0 radical (unpaired) electrons. The molecule has 0 saturated carbocycles. The summed E-state index contributed by atoms with van der Waals surface area (Å²) in [6.45, 7) is 4.89. The van der Waals surface area contributed by atoms with E-state index in [0.717, 1.165) is 12.2 Å². The fourth-order valence-electron chi connectivity index (χ4n) is 2.67. The molecular weight excluding hydrogens is 276 g/mol. The lowest BCUT2D eigenvalue weighted by Crippen LogP contribution is -2.54. The molecule has 1 heterocycles. The number of thioether (sulfide) groups is 1. The Labute approximate surface area is 125 Å². The molecular formula is C14H26N2O3S. The Balaban J connectivity index is 2.76. The fourth-order valence-corrected chi connectivity index (χ4v) is 3.38. The average molecular weight is 302 g/mol. The van der Waals surface area contributed by atoms with Gasteiger partial charge in [-0.2, -0.15) is 11.8 Å². The van der Waals surface area contributed by atoms with Crippen LogP contribution < -0.4 is 0 Å². The van der Waals surface area contributed by atoms with Crippen LogP contribution in [0.3, 0.4) is 0 Å². The van der Waals surface area contributed by atoms with Crippen LogP contribution in [-0.2, 0) is 4.79 Å². The number of hydrogen-bond acceptors (Lipinski definition) is 3. The van der Waals surface area contributed by atoms with Gasteiger partial charge in [0.25, 0.3) is 0 Å². The van der Waals surface area contributed by atoms with Crippen LogP contribution in [0.5, 0.6) is 0 Å². The molecule has 6 heteroatoms. The molecule has 2 atom stereocenters. The van der Waals surface area contributed by atoms with Gasteiger partial charge in [0, 0.05) is 31.9 Å². The lowest BCUT2D eigenvalue weighted by molar-refractivity contribution is -0.152. The van der Waals surface area contributed by atoms with Crippen molar-refractivity contribution in [2.75, 3.05) is 32.1 Å². The standard InChI is InChI=1S/C14H26N2O3S/c1-5-14(12(17)18)7-6-8-16(10-14)13(19)15(3)11(2)9-20-4/h11H,5-10H2,1-4H3,(H,17,18). The minimum atomic E-state index is -0.780. The molecule has 1 aliphatic rings. The minimum Gasteiger partial charge on any atom is -0.481 e. The molecule has 0 aliphatic carbocycles. The van der Waals surface area contributed by atoms with Crippen molar-refractivity contribution in [2.24, 2.45) is 5.41 Å². The summed E-state index contributed by atoms with van der Waals surface area (Å²) in [4.78, 5) is 27.4. The van der Waals surface area contributed by atoms with Crippen molar-refractivity contribution >= 4 is 23.8 Å². The van der Waals surface area contributed by atoms with Crippen molar-refractivity contribution in [3.8, 4) is 0 Å². The lowest BCUT2D eigenvalue weighted by Gasteiger charge is -2.41. The molecule has 2 amide bonds. The van der Waals surface area contributed by atoms with E-state index in [0.29, 0.717) is 25.9 Å². The molecule has 116 valence electrons. The maximum absolute atomic E-state index is 12.5. The lowest BCUT2D eigenvalue weighted by atomic mass is 9.78. The largest absolute Gasteiger partial charge is 0.481 e. The van der Waals surface area contributed by atoms with Crippen molar-refractivity contribution in [2.45, 2.75) is 39.2 Å². The average Bonchev–Trinajstić information content (AvgIpc) is 2.45. The van der Waals surface area contributed by atoms with Gasteiger partial charge in [0.2, 0.25) is 0 Å². The third-order valence-electron chi connectivity index (χ3n) is 4.35. The van der Waals surface area contributed by atoms with Crippen molar-refractivity contribution in [3.63, 3.8) is 0 Å². The van der Waals surface area contributed by atoms with Gasteiger partial charge in [-0.15, -0.1) is 0 Å². The summed E-state index contributed by atoms with van der Waals surface area (Å²) in [5, 5.41) is 9.47. The number of rotatable bonds is 5. The number of likely N-dealkylation sites (tertiary alicyclic amines) is 1. The summed E-state index contributed by atoms with van der Waals surface area (Å²) in [6.07, 6.45) is 4.00. The van der Waals surface area contributed by atoms with Gasteiger partial charge in [-0.1, -0.05) is 6.92 Å². The Morgan fingerprint density at radius 1 is 1.50 bits per heavy atom. The highest BCUT2D eigenvalue weighted by Gasteiger charge is 2.42. The summed E-state index contributed by atoms with van der Waals surface area (Å²) in [5.74, 6) is 0.103. The van der Waals surface area contributed by atoms with E-state index in [4.69, 9.17) is 0 Å². The molecule has 1 saturated heterocycles. The first-order valence-electron chi connectivity index (χ1n) is 7.12. The van der Waals surface area contributed by atoms with Gasteiger partial charge in [-0.05, 0) is 32.4 Å². The van der Waals surface area contributed by atoms with Crippen LogP contribution in [0.2, 0.25) is 0 Å². The molecule has 0 aromatic rings. The van der Waals surface area contributed by atoms with Gasteiger partial charge in [0.15, 0.2) is 0 Å². The highest BCUT2D eigenvalue weighted by Crippen LogP contribution is 2.34. The van der Waals surface area contributed by atoms with Crippen LogP contribution in [0.15, 0.2) is 0 Å². The van der Waals surface area contributed by atoms with Crippen molar-refractivity contribution in [3.05, 3.63) is 0 Å². The third-order valence-corrected chi connectivity index (χ3v) is 5.16. The number of aliphatic carboxylic acids is 1. The van der Waals surface area contributed by atoms with E-state index in [1.165, 1.54) is 0 Å². The fraction of sp³-hybridized carbons (Fsp3) is 0.857. The molecule has 1 rings (SSSR count). The number of hydrogen-bond donors (Lipinski definition) is 1. The highest BCUT2D eigenvalue weighted by molar-refractivity contribution is 7.98. The number of carboxylic acid groups (broad SMARTS) is 1. The first-order valence-corrected chi connectivity index (χ1v) is 8.51. The van der Waals surface area contributed by atoms with E-state index < -0.39 is 11.4 Å². The van der Waals surface area contributed by atoms with Gasteiger partial charge in [0.05, 0.1) is 5.41 Å². The zero-order chi connectivity index (χ0) is 15.3. The summed E-state index contributed by atoms with van der Waals surface area (Å²) in [6, 6.07) is 0.102. The molecule has 2 unspecified atom stereocenters. The van der Waals surface area contributed by atoms with Crippen LogP contribution in [0.4, 0.5) is 4.79 Å². The van der Waals surface area contributed by atoms with Gasteiger partial charge in [0.1, 0.15) is 0 Å². The number of carbonyl (C=O) groups is 2. The Kier molecular flexibility index (Phi) is 6.17. The molecule has 1 aliphatic heterocycles. The Morgan fingerprint density at radius 3 is 2.65 bits per heavy atom. The van der Waals surface area contributed by atoms with Crippen LogP contribution in [0.25, 0.3) is 0 Å². The molecule has 5 nitrogen and oxygen atoms in total. The summed E-state index contributed by atoms with van der Waals surface area (Å²) in [5.41, 5.74) is -0.766. The van der Waals surface area contributed by atoms with Crippen LogP contribution in [0.1, 0.15) is 33.1 Å². The Bertz CT molecular complexity index is 364. The second-order valence-corrected chi connectivity index (χ2v) is 6.57. The first-order chi connectivity index (χ1) is 9.38. The Morgan fingerprint density at radius 2 is 2.15 bits per heavy atom. The topological polar surface area (TPSA) is 60.9 Å². The molecule has 0 bridgehead atoms. The Hall–Kier alpha value is -0.910. The number of carboxylic acids is 1. The second-order valence-electron chi connectivity index (χ2n) is 5.66. The number of amides is 2. The molecule has 0 spiro atoms. The predicted octanol–water partition coefficient (Wildman–Crippen LogP) is 2.37. The van der Waals surface area contributed by atoms with Crippen molar-refractivity contribution in [1.29, 1.82) is 0 Å². The quantitative estimate of drug-likeness (QED) is 0.847. The van der Waals surface area contributed by atoms with Gasteiger partial charge in [-0.25, -0.2) is 4.79 Å². The number of piperidine rings is 1. The monoisotopic (exact) mass is 302 g/mol. The number of nitrogens with zero attached hydrogens (tertiary/aromatic N) is 2. The van der Waals surface area contributed by atoms with E-state index in [1.807, 2.05) is 20.1 Å². The van der Waals surface area contributed by atoms with Gasteiger partial charge in [-0.3, -0.25) is 4.79 Å². The van der Waals surface area contributed by atoms with Crippen LogP contribution >= 0.6 is 11.8 Å². The molecule has 0 aromatic heterocycles. The smallest absolute Gasteiger partial charge is 0.320 e. The summed E-state index contributed by atoms with van der Waals surface area (Å²) < 4.78 is 0. The molecule has 1 N–H and O–H groups in total. The summed E-state index contributed by atoms with van der Waals surface area (Å²) in [7, 11) is 1.80. The predicted molar refractivity (Wildman–Crippen MR) is 82.2 cm³/mol. The zero-order valence-corrected chi connectivity index (χ0v) is 13.7. The number of urea groups is 1. The maximum atomic E-state index is 12.5. The minimum absolute atomic E-state index is 0.0506. The van der Waals surface area contributed by atoms with E-state index in [9.17, 15) is 14.7 Å². The van der Waals surface area contributed by atoms with Crippen LogP contribution in [-0.4, -0.2) is 65.1 Å². The third kappa shape index (κ3) is 3.59. The normalized spacial score (nSPS) is 24.3. The second kappa shape index (κ2) is 7.20. The SMILES string of the molecule is CCC1(C(=O)O)CCCN(C(=O)N(C)C(C)CSC)C1. The van der Waals surface area contributed by atoms with E-state index in [2.05, 4.69) is 0 Å². The van der Waals surface area contributed by atoms with Crippen LogP contribution in [0, 0.1) is 5.41 Å². The molecule has 1 fully saturated rings. The number of carbonyl (C=O) groups excluding carboxylic acids is 1. The van der Waals surface area contributed by atoms with Gasteiger partial charge >= 0.3 is 12.0 Å². The highest BCUT2D eigenvalue weighted by atomic mass is 32.2. The summed E-state index contributed by atoms with van der Waals surface area (Å²) >= 11 is 1.70. The van der Waals surface area contributed by atoms with E-state index in [1.54, 1.807) is 28.6 Å². The maximum Gasteiger partial charge on any atom is 0.320 e.